The molecule has 0 aliphatic carbocycles. The zero-order chi connectivity index (χ0) is 13.7. The second-order valence-corrected chi connectivity index (χ2v) is 3.76. The fourth-order valence-electron chi connectivity index (χ4n) is 1.72. The van der Waals surface area contributed by atoms with Gasteiger partial charge < -0.3 is 9.47 Å². The molecular formula is C14H13N3O2. The topological polar surface area (TPSA) is 68.0 Å². The highest BCUT2D eigenvalue weighted by atomic mass is 16.5. The van der Waals surface area contributed by atoms with Crippen molar-refractivity contribution in [3.8, 4) is 28.8 Å². The largest absolute Gasteiger partial charge is 0.497 e. The van der Waals surface area contributed by atoms with E-state index >= 15 is 0 Å². The molecule has 19 heavy (non-hydrogen) atoms. The van der Waals surface area contributed by atoms with E-state index < -0.39 is 0 Å². The minimum absolute atomic E-state index is 0.187. The summed E-state index contributed by atoms with van der Waals surface area (Å²) in [6.45, 7) is 0. The van der Waals surface area contributed by atoms with Crippen LogP contribution in [0.2, 0.25) is 0 Å². The Morgan fingerprint density at radius 3 is 2.74 bits per heavy atom. The van der Waals surface area contributed by atoms with Gasteiger partial charge in [0.15, 0.2) is 0 Å². The van der Waals surface area contributed by atoms with E-state index in [1.807, 2.05) is 18.2 Å². The van der Waals surface area contributed by atoms with Crippen molar-refractivity contribution in [1.82, 2.24) is 9.97 Å². The average Bonchev–Trinajstić information content (AvgIpc) is 2.47. The molecule has 0 unspecified atom stereocenters. The monoisotopic (exact) mass is 255 g/mol. The Balaban J connectivity index is 2.46. The van der Waals surface area contributed by atoms with Gasteiger partial charge in [-0.25, -0.2) is 9.97 Å². The molecule has 0 saturated heterocycles. The minimum Gasteiger partial charge on any atom is -0.497 e. The number of ether oxygens (including phenoxy) is 2. The summed E-state index contributed by atoms with van der Waals surface area (Å²) in [4.78, 5) is 8.39. The van der Waals surface area contributed by atoms with Gasteiger partial charge in [-0.2, -0.15) is 5.26 Å². The van der Waals surface area contributed by atoms with E-state index in [0.717, 1.165) is 11.3 Å². The van der Waals surface area contributed by atoms with Gasteiger partial charge in [-0.3, -0.25) is 0 Å². The fraction of sp³-hybridized carbons (Fsp3) is 0.214. The first-order valence-corrected chi connectivity index (χ1v) is 5.69. The van der Waals surface area contributed by atoms with Crippen LogP contribution in [0.5, 0.6) is 11.5 Å². The van der Waals surface area contributed by atoms with Crippen molar-refractivity contribution < 1.29 is 9.47 Å². The van der Waals surface area contributed by atoms with Crippen LogP contribution in [0.15, 0.2) is 30.5 Å². The van der Waals surface area contributed by atoms with Crippen LogP contribution >= 0.6 is 0 Å². The van der Waals surface area contributed by atoms with E-state index in [9.17, 15) is 0 Å². The van der Waals surface area contributed by atoms with Crippen molar-refractivity contribution in [3.05, 3.63) is 36.3 Å². The first-order valence-electron chi connectivity index (χ1n) is 5.69. The molecule has 1 aromatic heterocycles. The molecule has 0 fully saturated rings. The van der Waals surface area contributed by atoms with Crippen LogP contribution in [-0.2, 0) is 6.42 Å². The normalized spacial score (nSPS) is 9.74. The smallest absolute Gasteiger partial charge is 0.142 e. The SMILES string of the molecule is COc1ccc(-c2ccnc(CC#N)n2)c(OC)c1. The highest BCUT2D eigenvalue weighted by Crippen LogP contribution is 2.31. The molecular weight excluding hydrogens is 242 g/mol. The summed E-state index contributed by atoms with van der Waals surface area (Å²) >= 11 is 0. The Morgan fingerprint density at radius 2 is 2.05 bits per heavy atom. The molecule has 5 nitrogen and oxygen atoms in total. The molecule has 0 aliphatic heterocycles. The van der Waals surface area contributed by atoms with Crippen molar-refractivity contribution in [1.29, 1.82) is 5.26 Å². The summed E-state index contributed by atoms with van der Waals surface area (Å²) in [5, 5.41) is 8.68. The highest BCUT2D eigenvalue weighted by Gasteiger charge is 2.09. The van der Waals surface area contributed by atoms with Gasteiger partial charge in [-0.15, -0.1) is 0 Å². The lowest BCUT2D eigenvalue weighted by Crippen LogP contribution is -1.97. The first-order chi connectivity index (χ1) is 9.28. The lowest BCUT2D eigenvalue weighted by atomic mass is 10.1. The van der Waals surface area contributed by atoms with Crippen LogP contribution in [0, 0.1) is 11.3 Å². The molecule has 96 valence electrons. The molecule has 1 heterocycles. The lowest BCUT2D eigenvalue weighted by molar-refractivity contribution is 0.395. The molecule has 0 N–H and O–H groups in total. The lowest BCUT2D eigenvalue weighted by Gasteiger charge is -2.10. The van der Waals surface area contributed by atoms with Gasteiger partial charge in [0.25, 0.3) is 0 Å². The quantitative estimate of drug-likeness (QED) is 0.838. The number of rotatable bonds is 4. The van der Waals surface area contributed by atoms with Crippen LogP contribution in [0.25, 0.3) is 11.3 Å². The summed E-state index contributed by atoms with van der Waals surface area (Å²) in [5.41, 5.74) is 1.56. The molecule has 0 saturated carbocycles. The number of methoxy groups -OCH3 is 2. The zero-order valence-corrected chi connectivity index (χ0v) is 10.8. The van der Waals surface area contributed by atoms with Crippen molar-refractivity contribution in [2.24, 2.45) is 0 Å². The van der Waals surface area contributed by atoms with Gasteiger partial charge in [0.1, 0.15) is 17.3 Å². The van der Waals surface area contributed by atoms with Crippen molar-refractivity contribution in [2.75, 3.05) is 14.2 Å². The Kier molecular flexibility index (Phi) is 3.94. The van der Waals surface area contributed by atoms with Crippen LogP contribution < -0.4 is 9.47 Å². The summed E-state index contributed by atoms with van der Waals surface area (Å²) in [5.74, 6) is 1.88. The van der Waals surface area contributed by atoms with E-state index in [1.165, 1.54) is 0 Å². The number of hydrogen-bond acceptors (Lipinski definition) is 5. The molecule has 2 aromatic rings. The molecule has 0 amide bonds. The maximum absolute atomic E-state index is 8.68. The third kappa shape index (κ3) is 2.80. The third-order valence-corrected chi connectivity index (χ3v) is 2.63. The van der Waals surface area contributed by atoms with Crippen LogP contribution in [0.4, 0.5) is 0 Å². The standard InChI is InChI=1S/C14H13N3O2/c1-18-10-3-4-11(13(9-10)19-2)12-6-8-16-14(17-12)5-7-15/h3-4,6,8-9H,5H2,1-2H3. The first kappa shape index (κ1) is 12.8. The number of nitriles is 1. The van der Waals surface area contributed by atoms with Gasteiger partial charge >= 0.3 is 0 Å². The van der Waals surface area contributed by atoms with Crippen LogP contribution in [0.1, 0.15) is 5.82 Å². The molecule has 0 atom stereocenters. The summed E-state index contributed by atoms with van der Waals surface area (Å²) in [7, 11) is 3.19. The molecule has 0 radical (unpaired) electrons. The fourth-order valence-corrected chi connectivity index (χ4v) is 1.72. The van der Waals surface area contributed by atoms with Crippen LogP contribution in [-0.4, -0.2) is 24.2 Å². The second kappa shape index (κ2) is 5.83. The summed E-state index contributed by atoms with van der Waals surface area (Å²) < 4.78 is 10.5. The molecule has 5 heteroatoms. The van der Waals surface area contributed by atoms with Crippen LogP contribution in [0.3, 0.4) is 0 Å². The molecule has 0 aliphatic rings. The maximum atomic E-state index is 8.68. The summed E-state index contributed by atoms with van der Waals surface area (Å²) in [6, 6.07) is 9.32. The number of hydrogen-bond donors (Lipinski definition) is 0. The van der Waals surface area contributed by atoms with Gasteiger partial charge in [0.05, 0.1) is 32.4 Å². The minimum atomic E-state index is 0.187. The Bertz CT molecular complexity index is 620. The zero-order valence-electron chi connectivity index (χ0n) is 10.8. The van der Waals surface area contributed by atoms with Crippen molar-refractivity contribution >= 4 is 0 Å². The highest BCUT2D eigenvalue weighted by molar-refractivity contribution is 5.68. The molecule has 0 spiro atoms. The predicted octanol–water partition coefficient (Wildman–Crippen LogP) is 2.23. The Morgan fingerprint density at radius 1 is 1.21 bits per heavy atom. The van der Waals surface area contributed by atoms with E-state index in [-0.39, 0.29) is 6.42 Å². The van der Waals surface area contributed by atoms with E-state index in [1.54, 1.807) is 32.5 Å². The third-order valence-electron chi connectivity index (χ3n) is 2.63. The number of nitrogens with zero attached hydrogens (tertiary/aromatic N) is 3. The van der Waals surface area contributed by atoms with E-state index in [0.29, 0.717) is 17.3 Å². The number of aromatic nitrogens is 2. The Labute approximate surface area is 111 Å². The van der Waals surface area contributed by atoms with E-state index in [2.05, 4.69) is 9.97 Å². The Hall–Kier alpha value is -2.61. The maximum Gasteiger partial charge on any atom is 0.142 e. The number of benzene rings is 1. The van der Waals surface area contributed by atoms with Gasteiger partial charge in [-0.1, -0.05) is 0 Å². The molecule has 1 aromatic carbocycles. The summed E-state index contributed by atoms with van der Waals surface area (Å²) in [6.07, 6.45) is 1.82. The van der Waals surface area contributed by atoms with Gasteiger partial charge in [-0.05, 0) is 18.2 Å². The molecule has 2 rings (SSSR count). The average molecular weight is 255 g/mol. The predicted molar refractivity (Wildman–Crippen MR) is 69.9 cm³/mol. The van der Waals surface area contributed by atoms with Crippen molar-refractivity contribution in [2.45, 2.75) is 6.42 Å². The van der Waals surface area contributed by atoms with Gasteiger partial charge in [0, 0.05) is 17.8 Å². The molecule has 0 bridgehead atoms. The second-order valence-electron chi connectivity index (χ2n) is 3.76. The van der Waals surface area contributed by atoms with Gasteiger partial charge in [0.2, 0.25) is 0 Å². The van der Waals surface area contributed by atoms with Crippen molar-refractivity contribution in [3.63, 3.8) is 0 Å². The van der Waals surface area contributed by atoms with E-state index in [4.69, 9.17) is 14.7 Å².